The highest BCUT2D eigenvalue weighted by atomic mass is 16.6. The SMILES string of the molecule is CC(=O)O[C@@]12CO[C@@H]1C[C@H](O)[C@@]1(C)C(=O)C(O)C3=C(C)[C@@H](O)C[C@@](O)([C@@H](OC(=O)c4ccccc4)[C@H]21)C3(C)C. The van der Waals surface area contributed by atoms with Gasteiger partial charge in [0.2, 0.25) is 0 Å². The number of ether oxygens (including phenoxy) is 3. The number of rotatable bonds is 3. The number of fused-ring (bicyclic) bond motifs is 5. The van der Waals surface area contributed by atoms with Gasteiger partial charge in [0.15, 0.2) is 11.4 Å². The Balaban J connectivity index is 1.81. The van der Waals surface area contributed by atoms with Gasteiger partial charge in [-0.2, -0.15) is 0 Å². The standard InChI is InChI=1S/C29H36O10/c1-14-17(31)12-29(36)24(38-25(35)16-9-7-6-8-10-16)22-27(5,23(34)21(33)20(14)26(29,3)4)18(32)11-19-28(22,13-37-19)39-15(2)30/h6-10,17-19,21-22,24,31-33,36H,11-13H2,1-5H3/t17-,18-,19+,21?,22-,24-,27+,28-,29+/m0/s1. The summed E-state index contributed by atoms with van der Waals surface area (Å²) in [6.45, 7) is 7.29. The first kappa shape index (κ1) is 27.9. The summed E-state index contributed by atoms with van der Waals surface area (Å²) in [5.41, 5.74) is -6.24. The van der Waals surface area contributed by atoms with E-state index >= 15 is 0 Å². The van der Waals surface area contributed by atoms with E-state index in [1.165, 1.54) is 26.0 Å². The second kappa shape index (κ2) is 8.94. The third kappa shape index (κ3) is 3.62. The van der Waals surface area contributed by atoms with Crippen LogP contribution in [-0.4, -0.2) is 86.5 Å². The van der Waals surface area contributed by atoms with E-state index in [0.717, 1.165) is 0 Å². The molecule has 1 heterocycles. The first-order valence-electron chi connectivity index (χ1n) is 13.2. The lowest BCUT2D eigenvalue weighted by Gasteiger charge is -2.67. The maximum atomic E-state index is 14.3. The molecule has 10 nitrogen and oxygen atoms in total. The summed E-state index contributed by atoms with van der Waals surface area (Å²) < 4.78 is 17.7. The van der Waals surface area contributed by atoms with Gasteiger partial charge in [-0.3, -0.25) is 9.59 Å². The number of carbonyl (C=O) groups is 3. The van der Waals surface area contributed by atoms with Gasteiger partial charge in [-0.25, -0.2) is 4.79 Å². The van der Waals surface area contributed by atoms with Crippen molar-refractivity contribution in [2.75, 3.05) is 6.61 Å². The Kier molecular flexibility index (Phi) is 6.40. The zero-order valence-electron chi connectivity index (χ0n) is 22.7. The lowest BCUT2D eigenvalue weighted by Crippen LogP contribution is -2.81. The highest BCUT2D eigenvalue weighted by molar-refractivity contribution is 5.94. The maximum Gasteiger partial charge on any atom is 0.338 e. The van der Waals surface area contributed by atoms with Crippen molar-refractivity contribution in [3.8, 4) is 0 Å². The van der Waals surface area contributed by atoms with E-state index in [0.29, 0.717) is 5.57 Å². The van der Waals surface area contributed by atoms with Crippen LogP contribution in [0.3, 0.4) is 0 Å². The molecule has 1 unspecified atom stereocenters. The molecule has 0 amide bonds. The van der Waals surface area contributed by atoms with E-state index in [2.05, 4.69) is 0 Å². The zero-order valence-corrected chi connectivity index (χ0v) is 22.7. The molecule has 2 bridgehead atoms. The van der Waals surface area contributed by atoms with Crippen LogP contribution >= 0.6 is 0 Å². The van der Waals surface area contributed by atoms with Crippen LogP contribution < -0.4 is 0 Å². The molecule has 1 aromatic carbocycles. The summed E-state index contributed by atoms with van der Waals surface area (Å²) in [6, 6.07) is 8.08. The Morgan fingerprint density at radius 2 is 1.72 bits per heavy atom. The van der Waals surface area contributed by atoms with Crippen LogP contribution in [0.4, 0.5) is 0 Å². The van der Waals surface area contributed by atoms with Gasteiger partial charge in [-0.15, -0.1) is 0 Å². The van der Waals surface area contributed by atoms with Gasteiger partial charge in [0.05, 0.1) is 35.7 Å². The number of aliphatic hydroxyl groups is 4. The number of esters is 2. The molecule has 3 aliphatic carbocycles. The molecule has 212 valence electrons. The number of Topliss-reactive ketones (excluding diaryl/α,β-unsaturated/α-hetero) is 1. The molecule has 4 N–H and O–H groups in total. The quantitative estimate of drug-likeness (QED) is 0.320. The fraction of sp³-hybridized carbons (Fsp3) is 0.621. The highest BCUT2D eigenvalue weighted by Gasteiger charge is 2.77. The fourth-order valence-corrected chi connectivity index (χ4v) is 7.66. The molecule has 1 saturated heterocycles. The van der Waals surface area contributed by atoms with Gasteiger partial charge in [-0.05, 0) is 37.1 Å². The molecule has 4 aliphatic rings. The minimum absolute atomic E-state index is 0.0828. The molecule has 39 heavy (non-hydrogen) atoms. The van der Waals surface area contributed by atoms with Crippen LogP contribution in [0.15, 0.2) is 41.5 Å². The van der Waals surface area contributed by atoms with E-state index in [9.17, 15) is 34.8 Å². The van der Waals surface area contributed by atoms with Crippen molar-refractivity contribution in [1.82, 2.24) is 0 Å². The van der Waals surface area contributed by atoms with Crippen molar-refractivity contribution in [1.29, 1.82) is 0 Å². The van der Waals surface area contributed by atoms with Crippen LogP contribution in [0.1, 0.15) is 57.8 Å². The Hall–Kier alpha value is -2.63. The topological polar surface area (TPSA) is 160 Å². The molecule has 10 heteroatoms. The van der Waals surface area contributed by atoms with Crippen LogP contribution in [0.2, 0.25) is 0 Å². The van der Waals surface area contributed by atoms with Crippen molar-refractivity contribution in [3.05, 3.63) is 47.0 Å². The largest absolute Gasteiger partial charge is 0.455 e. The molecule has 0 spiro atoms. The summed E-state index contributed by atoms with van der Waals surface area (Å²) in [4.78, 5) is 40.3. The molecule has 1 aliphatic heterocycles. The molecule has 5 rings (SSSR count). The lowest BCUT2D eigenvalue weighted by molar-refractivity contribution is -0.345. The second-order valence-corrected chi connectivity index (χ2v) is 12.2. The van der Waals surface area contributed by atoms with E-state index in [1.807, 2.05) is 0 Å². The number of hydrogen-bond donors (Lipinski definition) is 4. The van der Waals surface area contributed by atoms with E-state index in [-0.39, 0.29) is 30.6 Å². The Morgan fingerprint density at radius 3 is 2.28 bits per heavy atom. The van der Waals surface area contributed by atoms with Crippen LogP contribution in [0.25, 0.3) is 0 Å². The first-order valence-corrected chi connectivity index (χ1v) is 13.2. The van der Waals surface area contributed by atoms with E-state index in [4.69, 9.17) is 14.2 Å². The van der Waals surface area contributed by atoms with Crippen molar-refractivity contribution >= 4 is 17.7 Å². The van der Waals surface area contributed by atoms with Crippen molar-refractivity contribution < 1.29 is 49.0 Å². The van der Waals surface area contributed by atoms with E-state index in [1.54, 1.807) is 39.0 Å². The van der Waals surface area contributed by atoms with Crippen molar-refractivity contribution in [3.63, 3.8) is 0 Å². The molecular formula is C29H36O10. The number of aliphatic hydroxyl groups excluding tert-OH is 3. The molecule has 2 saturated carbocycles. The van der Waals surface area contributed by atoms with Crippen molar-refractivity contribution in [2.45, 2.75) is 89.2 Å². The Morgan fingerprint density at radius 1 is 1.08 bits per heavy atom. The second-order valence-electron chi connectivity index (χ2n) is 12.2. The molecule has 0 aromatic heterocycles. The third-order valence-electron chi connectivity index (χ3n) is 9.95. The first-order chi connectivity index (χ1) is 18.1. The summed E-state index contributed by atoms with van der Waals surface area (Å²) in [5, 5.41) is 46.7. The fourth-order valence-electron chi connectivity index (χ4n) is 7.66. The van der Waals surface area contributed by atoms with Gasteiger partial charge in [-0.1, -0.05) is 32.0 Å². The highest BCUT2D eigenvalue weighted by Crippen LogP contribution is 2.63. The molecule has 1 aromatic rings. The average molecular weight is 545 g/mol. The van der Waals surface area contributed by atoms with Crippen LogP contribution in [0, 0.1) is 16.7 Å². The number of benzene rings is 1. The summed E-state index contributed by atoms with van der Waals surface area (Å²) in [6.07, 6.45) is -7.26. The lowest BCUT2D eigenvalue weighted by atomic mass is 9.44. The van der Waals surface area contributed by atoms with Gasteiger partial charge >= 0.3 is 11.9 Å². The van der Waals surface area contributed by atoms with Crippen molar-refractivity contribution in [2.24, 2.45) is 16.7 Å². The van der Waals surface area contributed by atoms with Crippen LogP contribution in [0.5, 0.6) is 0 Å². The Bertz CT molecular complexity index is 1240. The number of ketones is 1. The monoisotopic (exact) mass is 544 g/mol. The summed E-state index contributed by atoms with van der Waals surface area (Å²) >= 11 is 0. The van der Waals surface area contributed by atoms with E-state index < -0.39 is 76.2 Å². The zero-order chi connectivity index (χ0) is 28.7. The van der Waals surface area contributed by atoms with Gasteiger partial charge in [0.1, 0.15) is 23.9 Å². The number of hydrogen-bond acceptors (Lipinski definition) is 10. The minimum atomic E-state index is -2.07. The van der Waals surface area contributed by atoms with Gasteiger partial charge in [0.25, 0.3) is 0 Å². The molecule has 3 fully saturated rings. The molecular weight excluding hydrogens is 508 g/mol. The normalized spacial score (nSPS) is 42.7. The summed E-state index contributed by atoms with van der Waals surface area (Å²) in [7, 11) is 0. The predicted octanol–water partition coefficient (Wildman–Crippen LogP) is 1.08. The number of carbonyl (C=O) groups excluding carboxylic acids is 3. The average Bonchev–Trinajstić information content (AvgIpc) is 2.87. The molecule has 9 atom stereocenters. The minimum Gasteiger partial charge on any atom is -0.455 e. The van der Waals surface area contributed by atoms with Gasteiger partial charge in [0, 0.05) is 25.2 Å². The summed E-state index contributed by atoms with van der Waals surface area (Å²) in [5.74, 6) is -3.60. The smallest absolute Gasteiger partial charge is 0.338 e. The van der Waals surface area contributed by atoms with Crippen LogP contribution in [-0.2, 0) is 23.8 Å². The maximum absolute atomic E-state index is 14.3. The Labute approximate surface area is 226 Å². The molecule has 0 radical (unpaired) electrons. The predicted molar refractivity (Wildman–Crippen MR) is 135 cm³/mol. The van der Waals surface area contributed by atoms with Gasteiger partial charge < -0.3 is 34.6 Å². The third-order valence-corrected chi connectivity index (χ3v) is 9.95.